The molecule has 0 radical (unpaired) electrons. The molecule has 11 nitrogen and oxygen atoms in total. The Morgan fingerprint density at radius 1 is 0.709 bits per heavy atom. The second-order valence-corrected chi connectivity index (χ2v) is 17.9. The lowest BCUT2D eigenvalue weighted by Gasteiger charge is -2.15. The minimum absolute atomic E-state index is 0.0346. The normalized spacial score (nSPS) is 11.8. The van der Waals surface area contributed by atoms with Gasteiger partial charge >= 0.3 is 5.97 Å². The molecule has 290 valence electrons. The Labute approximate surface area is 325 Å². The average molecular weight is 765 g/mol. The maximum atomic E-state index is 13.2. The molecule has 5 rings (SSSR count). The number of carboxylic acids is 1. The summed E-state index contributed by atoms with van der Waals surface area (Å²) in [6, 6.07) is 19.3. The van der Waals surface area contributed by atoms with Crippen molar-refractivity contribution in [3.05, 3.63) is 134 Å². The Hall–Kier alpha value is -5.54. The van der Waals surface area contributed by atoms with E-state index in [9.17, 15) is 28.4 Å². The third-order valence-corrected chi connectivity index (χ3v) is 10.8. The van der Waals surface area contributed by atoms with E-state index in [0.717, 1.165) is 33.5 Å². The van der Waals surface area contributed by atoms with Gasteiger partial charge in [-0.1, -0.05) is 89.1 Å². The summed E-state index contributed by atoms with van der Waals surface area (Å²) in [6.45, 7) is 25.1. The Balaban J connectivity index is 0.000000265. The summed E-state index contributed by atoms with van der Waals surface area (Å²) in [5.41, 5.74) is 10.3. The summed E-state index contributed by atoms with van der Waals surface area (Å²) >= 11 is 0. The van der Waals surface area contributed by atoms with E-state index in [1.54, 1.807) is 27.6 Å². The van der Waals surface area contributed by atoms with Gasteiger partial charge in [-0.25, -0.2) is 17.9 Å². The number of nitrogens with one attached hydrogen (secondary N) is 1. The van der Waals surface area contributed by atoms with Crippen molar-refractivity contribution >= 4 is 21.9 Å². The average Bonchev–Trinajstić information content (AvgIpc) is 3.70. The van der Waals surface area contributed by atoms with E-state index in [2.05, 4.69) is 60.0 Å². The number of nitriles is 1. The van der Waals surface area contributed by atoms with E-state index in [1.165, 1.54) is 34.9 Å². The summed E-state index contributed by atoms with van der Waals surface area (Å²) in [4.78, 5) is 24.4. The van der Waals surface area contributed by atoms with Gasteiger partial charge in [0.25, 0.3) is 15.9 Å². The number of rotatable bonds is 8. The van der Waals surface area contributed by atoms with Crippen molar-refractivity contribution in [1.29, 1.82) is 5.26 Å². The van der Waals surface area contributed by atoms with Gasteiger partial charge in [-0.2, -0.15) is 15.5 Å². The van der Waals surface area contributed by atoms with Gasteiger partial charge in [0.05, 0.1) is 30.0 Å². The van der Waals surface area contributed by atoms with E-state index in [-0.39, 0.29) is 32.7 Å². The summed E-state index contributed by atoms with van der Waals surface area (Å²) in [6.07, 6.45) is 0. The molecule has 0 atom stereocenters. The number of hydrogen-bond acceptors (Lipinski definition) is 7. The van der Waals surface area contributed by atoms with Gasteiger partial charge in [-0.3, -0.25) is 14.2 Å². The Morgan fingerprint density at radius 3 is 1.51 bits per heavy atom. The van der Waals surface area contributed by atoms with Crippen LogP contribution in [-0.4, -0.2) is 45.0 Å². The summed E-state index contributed by atoms with van der Waals surface area (Å²) < 4.78 is 31.1. The van der Waals surface area contributed by atoms with Gasteiger partial charge in [0.2, 0.25) is 0 Å². The molecule has 0 bridgehead atoms. The number of benzene rings is 3. The topological polar surface area (TPSA) is 160 Å². The number of hydrogen-bond donors (Lipinski definition) is 2. The third-order valence-electron chi connectivity index (χ3n) is 9.37. The highest BCUT2D eigenvalue weighted by molar-refractivity contribution is 7.90. The second-order valence-electron chi connectivity index (χ2n) is 16.2. The molecule has 1 amide bonds. The van der Waals surface area contributed by atoms with Gasteiger partial charge in [0.15, 0.2) is 0 Å². The molecular weight excluding hydrogens is 713 g/mol. The highest BCUT2D eigenvalue weighted by atomic mass is 32.2. The first-order valence-corrected chi connectivity index (χ1v) is 19.5. The zero-order chi connectivity index (χ0) is 41.2. The van der Waals surface area contributed by atoms with Crippen LogP contribution in [0.15, 0.2) is 65.6 Å². The monoisotopic (exact) mass is 764 g/mol. The summed E-state index contributed by atoms with van der Waals surface area (Å²) in [5.74, 6) is -1.74. The van der Waals surface area contributed by atoms with Crippen LogP contribution in [0.3, 0.4) is 0 Å². The molecule has 2 N–H and O–H groups in total. The molecule has 3 aromatic carbocycles. The fourth-order valence-electron chi connectivity index (χ4n) is 6.40. The van der Waals surface area contributed by atoms with E-state index in [1.807, 2.05) is 68.4 Å². The Kier molecular flexibility index (Phi) is 12.3. The molecule has 55 heavy (non-hydrogen) atoms. The number of aromatic nitrogens is 4. The largest absolute Gasteiger partial charge is 0.477 e. The zero-order valence-electron chi connectivity index (χ0n) is 33.9. The van der Waals surface area contributed by atoms with Gasteiger partial charge < -0.3 is 5.11 Å². The maximum Gasteiger partial charge on any atom is 0.354 e. The number of carboxylic acid groups (broad SMARTS) is 1. The van der Waals surface area contributed by atoms with Crippen molar-refractivity contribution in [2.45, 2.75) is 112 Å². The van der Waals surface area contributed by atoms with Crippen LogP contribution in [0.25, 0.3) is 0 Å². The molecular formula is C43H52N6O5S. The van der Waals surface area contributed by atoms with E-state index >= 15 is 0 Å². The number of carbonyl (C=O) groups excluding carboxylic acids is 1. The molecule has 0 saturated carbocycles. The summed E-state index contributed by atoms with van der Waals surface area (Å²) in [7, 11) is -4.25. The SMILES string of the molecule is Cc1cc(C)c(Cn2nc(C(C)(C)C)cc2C(=O)NS(=O)(=O)c2ccccc2C#N)c(C)c1.Cc1cc(C)c(Cn2nc(C(C)(C)C)cc2C(=O)O)c(C)c1. The van der Waals surface area contributed by atoms with Crippen molar-refractivity contribution < 1.29 is 23.1 Å². The molecule has 2 heterocycles. The van der Waals surface area contributed by atoms with Crippen molar-refractivity contribution in [3.63, 3.8) is 0 Å². The third kappa shape index (κ3) is 9.96. The number of amides is 1. The van der Waals surface area contributed by atoms with Gasteiger partial charge in [-0.05, 0) is 99.2 Å². The first-order chi connectivity index (χ1) is 25.4. The van der Waals surface area contributed by atoms with Crippen LogP contribution in [0.4, 0.5) is 0 Å². The molecule has 0 aliphatic heterocycles. The lowest BCUT2D eigenvalue weighted by molar-refractivity contribution is 0.0683. The van der Waals surface area contributed by atoms with Crippen molar-refractivity contribution in [1.82, 2.24) is 24.3 Å². The minimum atomic E-state index is -4.25. The van der Waals surface area contributed by atoms with Gasteiger partial charge in [0.1, 0.15) is 22.4 Å². The standard InChI is InChI=1S/C25H28N4O3S.C18H24N2O2/c1-16-11-17(2)20(18(3)12-16)15-29-21(13-23(27-29)25(4,5)6)24(30)28-33(31,32)22-10-8-7-9-19(22)14-26;1-11-7-12(2)14(13(3)8-11)10-20-15(17(21)22)9-16(19-20)18(4,5)6/h7-13H,15H2,1-6H3,(H,28,30);7-9H,10H2,1-6H3,(H,21,22). The number of sulfonamides is 1. The first kappa shape index (κ1) is 42.2. The van der Waals surface area contributed by atoms with Crippen molar-refractivity contribution in [3.8, 4) is 6.07 Å². The van der Waals surface area contributed by atoms with Crippen LogP contribution in [0.2, 0.25) is 0 Å². The van der Waals surface area contributed by atoms with Crippen molar-refractivity contribution in [2.75, 3.05) is 0 Å². The quantitative estimate of drug-likeness (QED) is 0.161. The predicted molar refractivity (Wildman–Crippen MR) is 214 cm³/mol. The van der Waals surface area contributed by atoms with Crippen LogP contribution < -0.4 is 4.72 Å². The van der Waals surface area contributed by atoms with Crippen LogP contribution >= 0.6 is 0 Å². The Bertz CT molecular complexity index is 2370. The molecule has 0 aliphatic carbocycles. The molecule has 2 aromatic heterocycles. The van der Waals surface area contributed by atoms with Gasteiger partial charge in [-0.15, -0.1) is 0 Å². The maximum absolute atomic E-state index is 13.2. The van der Waals surface area contributed by atoms with Crippen LogP contribution in [0, 0.1) is 52.9 Å². The lowest BCUT2D eigenvalue weighted by atomic mass is 9.92. The fraction of sp³-hybridized carbons (Fsp3) is 0.372. The summed E-state index contributed by atoms with van der Waals surface area (Å²) in [5, 5.41) is 27.9. The van der Waals surface area contributed by atoms with Crippen molar-refractivity contribution in [2.24, 2.45) is 0 Å². The highest BCUT2D eigenvalue weighted by Gasteiger charge is 2.28. The molecule has 0 spiro atoms. The zero-order valence-corrected chi connectivity index (χ0v) is 34.7. The molecule has 0 aliphatic rings. The predicted octanol–water partition coefficient (Wildman–Crippen LogP) is 8.00. The number of nitrogens with zero attached hydrogens (tertiary/aromatic N) is 5. The molecule has 0 fully saturated rings. The molecule has 12 heteroatoms. The first-order valence-electron chi connectivity index (χ1n) is 18.0. The molecule has 0 saturated heterocycles. The van der Waals surface area contributed by atoms with Crippen LogP contribution in [0.1, 0.15) is 124 Å². The number of carbonyl (C=O) groups is 2. The van der Waals surface area contributed by atoms with E-state index < -0.39 is 21.9 Å². The lowest BCUT2D eigenvalue weighted by Crippen LogP contribution is -2.33. The van der Waals surface area contributed by atoms with E-state index in [4.69, 9.17) is 0 Å². The highest BCUT2D eigenvalue weighted by Crippen LogP contribution is 2.26. The minimum Gasteiger partial charge on any atom is -0.477 e. The van der Waals surface area contributed by atoms with Crippen LogP contribution in [-0.2, 0) is 33.9 Å². The second kappa shape index (κ2) is 16.1. The number of aryl methyl sites for hydroxylation is 6. The smallest absolute Gasteiger partial charge is 0.354 e. The van der Waals surface area contributed by atoms with Crippen LogP contribution in [0.5, 0.6) is 0 Å². The Morgan fingerprint density at radius 2 is 1.11 bits per heavy atom. The molecule has 5 aromatic rings. The van der Waals surface area contributed by atoms with Gasteiger partial charge in [0, 0.05) is 10.8 Å². The molecule has 0 unspecified atom stereocenters. The fourth-order valence-corrected chi connectivity index (χ4v) is 7.52. The van der Waals surface area contributed by atoms with E-state index in [0.29, 0.717) is 18.8 Å². The number of aromatic carboxylic acids is 1.